The van der Waals surface area contributed by atoms with Crippen molar-refractivity contribution in [1.29, 1.82) is 0 Å². The van der Waals surface area contributed by atoms with Crippen LogP contribution in [0.15, 0.2) is 18.3 Å². The van der Waals surface area contributed by atoms with E-state index in [1.165, 1.54) is 18.4 Å². The molecule has 3 heteroatoms. The number of hydrogen-bond donors (Lipinski definition) is 2. The lowest BCUT2D eigenvalue weighted by Gasteiger charge is -2.08. The van der Waals surface area contributed by atoms with E-state index in [1.807, 2.05) is 12.3 Å². The molecule has 1 aliphatic heterocycles. The predicted molar refractivity (Wildman–Crippen MR) is 51.6 cm³/mol. The molecule has 64 valence electrons. The van der Waals surface area contributed by atoms with Crippen molar-refractivity contribution in [2.45, 2.75) is 18.9 Å². The standard InChI is InChI=1S/C9H12N2S/c12-9-4-3-7(6-11-9)8-2-1-5-10-8/h3-4,6,8,10H,1-2,5H2,(H,11,12)/t8-/m0/s1. The molecule has 2 N–H and O–H groups in total. The molecule has 1 aromatic rings. The minimum Gasteiger partial charge on any atom is -0.353 e. The SMILES string of the molecule is S=c1ccc([C@@H]2CCCN2)c[nH]1. The largest absolute Gasteiger partial charge is 0.353 e. The Morgan fingerprint density at radius 3 is 2.92 bits per heavy atom. The van der Waals surface area contributed by atoms with Crippen LogP contribution in [0.25, 0.3) is 0 Å². The maximum atomic E-state index is 4.97. The first-order valence-electron chi connectivity index (χ1n) is 4.28. The minimum absolute atomic E-state index is 0.539. The Bertz CT molecular complexity index is 292. The highest BCUT2D eigenvalue weighted by Crippen LogP contribution is 2.21. The molecule has 2 nitrogen and oxygen atoms in total. The van der Waals surface area contributed by atoms with Crippen LogP contribution >= 0.6 is 12.2 Å². The first kappa shape index (κ1) is 7.95. The van der Waals surface area contributed by atoms with Crippen molar-refractivity contribution in [2.75, 3.05) is 6.54 Å². The number of aromatic nitrogens is 1. The van der Waals surface area contributed by atoms with Gasteiger partial charge in [-0.05, 0) is 31.0 Å². The lowest BCUT2D eigenvalue weighted by molar-refractivity contribution is 0.645. The molecule has 0 saturated carbocycles. The number of rotatable bonds is 1. The molecule has 2 rings (SSSR count). The molecule has 1 atom stereocenters. The highest BCUT2D eigenvalue weighted by molar-refractivity contribution is 7.71. The first-order chi connectivity index (χ1) is 5.86. The van der Waals surface area contributed by atoms with Crippen LogP contribution in [0.1, 0.15) is 24.4 Å². The molecule has 0 spiro atoms. The summed E-state index contributed by atoms with van der Waals surface area (Å²) in [4.78, 5) is 3.05. The van der Waals surface area contributed by atoms with E-state index in [1.54, 1.807) is 0 Å². The number of H-pyrrole nitrogens is 1. The Morgan fingerprint density at radius 2 is 2.33 bits per heavy atom. The van der Waals surface area contributed by atoms with Gasteiger partial charge in [-0.25, -0.2) is 0 Å². The monoisotopic (exact) mass is 180 g/mol. The fraction of sp³-hybridized carbons (Fsp3) is 0.444. The average molecular weight is 180 g/mol. The fourth-order valence-electron chi connectivity index (χ4n) is 1.61. The van der Waals surface area contributed by atoms with Crippen LogP contribution in [0.2, 0.25) is 0 Å². The molecule has 0 aliphatic carbocycles. The van der Waals surface area contributed by atoms with Crippen LogP contribution in [-0.4, -0.2) is 11.5 Å². The molecular formula is C9H12N2S. The van der Waals surface area contributed by atoms with Gasteiger partial charge in [-0.15, -0.1) is 0 Å². The summed E-state index contributed by atoms with van der Waals surface area (Å²) in [6.07, 6.45) is 4.52. The zero-order valence-corrected chi connectivity index (χ0v) is 7.66. The van der Waals surface area contributed by atoms with Crippen molar-refractivity contribution in [3.05, 3.63) is 28.5 Å². The highest BCUT2D eigenvalue weighted by Gasteiger charge is 2.15. The summed E-state index contributed by atoms with van der Waals surface area (Å²) in [6.45, 7) is 1.14. The topological polar surface area (TPSA) is 27.8 Å². The number of hydrogen-bond acceptors (Lipinski definition) is 2. The molecule has 1 saturated heterocycles. The van der Waals surface area contributed by atoms with Crippen molar-refractivity contribution in [2.24, 2.45) is 0 Å². The summed E-state index contributed by atoms with van der Waals surface area (Å²) in [5.41, 5.74) is 1.32. The third-order valence-electron chi connectivity index (χ3n) is 2.27. The molecule has 1 aliphatic rings. The van der Waals surface area contributed by atoms with Crippen LogP contribution < -0.4 is 5.32 Å². The van der Waals surface area contributed by atoms with E-state index in [0.29, 0.717) is 6.04 Å². The summed E-state index contributed by atoms with van der Waals surface area (Å²) >= 11 is 4.97. The summed E-state index contributed by atoms with van der Waals surface area (Å²) < 4.78 is 0.803. The summed E-state index contributed by atoms with van der Waals surface area (Å²) in [7, 11) is 0. The number of nitrogens with one attached hydrogen (secondary N) is 2. The van der Waals surface area contributed by atoms with E-state index in [0.717, 1.165) is 11.2 Å². The highest BCUT2D eigenvalue weighted by atomic mass is 32.1. The van der Waals surface area contributed by atoms with E-state index in [2.05, 4.69) is 16.4 Å². The normalized spacial score (nSPS) is 22.8. The second-order valence-electron chi connectivity index (χ2n) is 3.14. The first-order valence-corrected chi connectivity index (χ1v) is 4.69. The van der Waals surface area contributed by atoms with E-state index in [9.17, 15) is 0 Å². The van der Waals surface area contributed by atoms with Gasteiger partial charge >= 0.3 is 0 Å². The van der Waals surface area contributed by atoms with Crippen molar-refractivity contribution in [3.8, 4) is 0 Å². The van der Waals surface area contributed by atoms with Gasteiger partial charge in [0.25, 0.3) is 0 Å². The zero-order valence-electron chi connectivity index (χ0n) is 6.84. The Morgan fingerprint density at radius 1 is 1.42 bits per heavy atom. The van der Waals surface area contributed by atoms with Crippen molar-refractivity contribution >= 4 is 12.2 Å². The third kappa shape index (κ3) is 1.57. The summed E-state index contributed by atoms with van der Waals surface area (Å²) in [5.74, 6) is 0. The molecule has 0 radical (unpaired) electrons. The van der Waals surface area contributed by atoms with Gasteiger partial charge in [-0.2, -0.15) is 0 Å². The maximum absolute atomic E-state index is 4.97. The molecule has 0 unspecified atom stereocenters. The predicted octanol–water partition coefficient (Wildman–Crippen LogP) is 2.17. The number of pyridine rings is 1. The van der Waals surface area contributed by atoms with Gasteiger partial charge in [0.2, 0.25) is 0 Å². The van der Waals surface area contributed by atoms with Crippen LogP contribution in [0.5, 0.6) is 0 Å². The quantitative estimate of drug-likeness (QED) is 0.648. The molecule has 0 bridgehead atoms. The van der Waals surface area contributed by atoms with Gasteiger partial charge in [0.15, 0.2) is 0 Å². The van der Waals surface area contributed by atoms with E-state index < -0.39 is 0 Å². The summed E-state index contributed by atoms with van der Waals surface area (Å²) in [6, 6.07) is 4.59. The van der Waals surface area contributed by atoms with Gasteiger partial charge in [-0.3, -0.25) is 0 Å². The lowest BCUT2D eigenvalue weighted by atomic mass is 10.1. The van der Waals surface area contributed by atoms with Crippen molar-refractivity contribution in [3.63, 3.8) is 0 Å². The molecule has 0 aromatic carbocycles. The van der Waals surface area contributed by atoms with Gasteiger partial charge in [0, 0.05) is 12.2 Å². The molecule has 2 heterocycles. The third-order valence-corrected chi connectivity index (χ3v) is 2.52. The molecule has 1 fully saturated rings. The van der Waals surface area contributed by atoms with Gasteiger partial charge in [0.1, 0.15) is 4.64 Å². The molecular weight excluding hydrogens is 168 g/mol. The van der Waals surface area contributed by atoms with Gasteiger partial charge in [0.05, 0.1) is 0 Å². The second-order valence-corrected chi connectivity index (χ2v) is 3.58. The zero-order chi connectivity index (χ0) is 8.39. The van der Waals surface area contributed by atoms with E-state index in [-0.39, 0.29) is 0 Å². The maximum Gasteiger partial charge on any atom is 0.103 e. The van der Waals surface area contributed by atoms with Crippen molar-refractivity contribution in [1.82, 2.24) is 10.3 Å². The minimum atomic E-state index is 0.539. The summed E-state index contributed by atoms with van der Waals surface area (Å²) in [5, 5.41) is 3.44. The Balaban J connectivity index is 2.22. The number of aromatic amines is 1. The van der Waals surface area contributed by atoms with Crippen LogP contribution in [0.4, 0.5) is 0 Å². The Kier molecular flexibility index (Phi) is 2.23. The lowest BCUT2D eigenvalue weighted by Crippen LogP contribution is -2.12. The second kappa shape index (κ2) is 3.37. The average Bonchev–Trinajstić information content (AvgIpc) is 2.58. The fourth-order valence-corrected chi connectivity index (χ4v) is 1.74. The van der Waals surface area contributed by atoms with E-state index in [4.69, 9.17) is 12.2 Å². The molecule has 1 aromatic heterocycles. The van der Waals surface area contributed by atoms with Gasteiger partial charge in [-0.1, -0.05) is 18.3 Å². The molecule has 0 amide bonds. The van der Waals surface area contributed by atoms with Crippen LogP contribution in [0, 0.1) is 4.64 Å². The van der Waals surface area contributed by atoms with Crippen molar-refractivity contribution < 1.29 is 0 Å². The smallest absolute Gasteiger partial charge is 0.103 e. The van der Waals surface area contributed by atoms with Crippen LogP contribution in [-0.2, 0) is 0 Å². The van der Waals surface area contributed by atoms with E-state index >= 15 is 0 Å². The Hall–Kier alpha value is -0.670. The van der Waals surface area contributed by atoms with Crippen LogP contribution in [0.3, 0.4) is 0 Å². The Labute approximate surface area is 77.0 Å². The molecule has 12 heavy (non-hydrogen) atoms. The van der Waals surface area contributed by atoms with Gasteiger partial charge < -0.3 is 10.3 Å².